The van der Waals surface area contributed by atoms with Crippen LogP contribution in [-0.2, 0) is 13.2 Å². The maximum atomic E-state index is 12.6. The van der Waals surface area contributed by atoms with Crippen LogP contribution in [-0.4, -0.2) is 30.8 Å². The molecule has 21 heavy (non-hydrogen) atoms. The molecule has 1 unspecified atom stereocenters. The first-order valence-electron chi connectivity index (χ1n) is 5.95. The van der Waals surface area contributed by atoms with Crippen molar-refractivity contribution in [2.24, 2.45) is 7.05 Å². The summed E-state index contributed by atoms with van der Waals surface area (Å²) < 4.78 is 38.5. The van der Waals surface area contributed by atoms with Crippen LogP contribution in [0.5, 0.6) is 0 Å². The average molecular weight is 338 g/mol. The number of hydrogen-bond donors (Lipinski definition) is 0. The van der Waals surface area contributed by atoms with Crippen molar-refractivity contribution in [2.45, 2.75) is 17.8 Å². The second-order valence-electron chi connectivity index (χ2n) is 4.19. The Bertz CT molecular complexity index is 686. The lowest BCUT2D eigenvalue weighted by molar-refractivity contribution is -0.137. The van der Waals surface area contributed by atoms with Gasteiger partial charge in [-0.3, -0.25) is 4.79 Å². The number of ketones is 1. The van der Waals surface area contributed by atoms with Gasteiger partial charge in [-0.05, 0) is 11.8 Å². The summed E-state index contributed by atoms with van der Waals surface area (Å²) in [6.07, 6.45) is -3.78. The van der Waals surface area contributed by atoms with E-state index in [2.05, 4.69) is 9.97 Å². The fraction of sp³-hybridized carbons (Fsp3) is 0.417. The summed E-state index contributed by atoms with van der Waals surface area (Å²) in [7, 11) is 1.52. The lowest BCUT2D eigenvalue weighted by Gasteiger charge is -2.06. The van der Waals surface area contributed by atoms with Gasteiger partial charge in [-0.15, -0.1) is 23.4 Å². The van der Waals surface area contributed by atoms with Gasteiger partial charge < -0.3 is 4.57 Å². The monoisotopic (exact) mass is 337 g/mol. The van der Waals surface area contributed by atoms with Gasteiger partial charge >= 0.3 is 6.18 Å². The number of rotatable bonds is 4. The summed E-state index contributed by atoms with van der Waals surface area (Å²) in [5.41, 5.74) is -0.685. The zero-order valence-corrected chi connectivity index (χ0v) is 12.7. The van der Waals surface area contributed by atoms with Gasteiger partial charge in [0.15, 0.2) is 11.5 Å². The van der Waals surface area contributed by atoms with Gasteiger partial charge in [-0.2, -0.15) is 13.2 Å². The molecule has 0 aromatic carbocycles. The summed E-state index contributed by atoms with van der Waals surface area (Å²) >= 11 is 7.15. The Labute approximate surface area is 127 Å². The Morgan fingerprint density at radius 3 is 2.76 bits per heavy atom. The molecule has 9 heteroatoms. The maximum Gasteiger partial charge on any atom is 0.417 e. The second kappa shape index (κ2) is 5.84. The van der Waals surface area contributed by atoms with Crippen molar-refractivity contribution in [3.05, 3.63) is 23.7 Å². The van der Waals surface area contributed by atoms with E-state index in [9.17, 15) is 18.0 Å². The Morgan fingerprint density at radius 1 is 1.52 bits per heavy atom. The molecule has 114 valence electrons. The normalized spacial score (nSPS) is 13.6. The minimum Gasteiger partial charge on any atom is -0.309 e. The molecule has 0 radical (unpaired) electrons. The Balaban J connectivity index is 2.48. The number of carbonyl (C=O) groups excluding carboxylic acids is 1. The zero-order valence-electron chi connectivity index (χ0n) is 11.1. The topological polar surface area (TPSA) is 47.8 Å². The third-order valence-corrected chi connectivity index (χ3v) is 4.19. The molecular formula is C12H11ClF3N3OS. The van der Waals surface area contributed by atoms with Crippen LogP contribution >= 0.6 is 23.4 Å². The van der Waals surface area contributed by atoms with Crippen molar-refractivity contribution in [2.75, 3.05) is 5.75 Å². The van der Waals surface area contributed by atoms with Gasteiger partial charge in [0.05, 0.1) is 5.56 Å². The van der Waals surface area contributed by atoms with E-state index in [1.165, 1.54) is 23.4 Å². The number of thioether (sulfide) groups is 1. The van der Waals surface area contributed by atoms with Gasteiger partial charge in [0, 0.05) is 13.2 Å². The Kier molecular flexibility index (Phi) is 4.48. The van der Waals surface area contributed by atoms with Crippen LogP contribution in [0.15, 0.2) is 12.3 Å². The molecule has 0 saturated heterocycles. The highest BCUT2D eigenvalue weighted by Gasteiger charge is 2.32. The number of imidazole rings is 1. The van der Waals surface area contributed by atoms with E-state index in [0.717, 1.165) is 12.3 Å². The van der Waals surface area contributed by atoms with Crippen LogP contribution in [0.2, 0.25) is 0 Å². The van der Waals surface area contributed by atoms with Gasteiger partial charge in [0.2, 0.25) is 5.78 Å². The molecule has 1 atom stereocenters. The van der Waals surface area contributed by atoms with Crippen molar-refractivity contribution >= 4 is 40.3 Å². The molecule has 0 aliphatic carbocycles. The third-order valence-electron chi connectivity index (χ3n) is 2.78. The largest absolute Gasteiger partial charge is 0.417 e. The van der Waals surface area contributed by atoms with Crippen LogP contribution in [0.4, 0.5) is 13.2 Å². The van der Waals surface area contributed by atoms with E-state index in [-0.39, 0.29) is 17.0 Å². The molecule has 0 saturated carbocycles. The van der Waals surface area contributed by atoms with Crippen molar-refractivity contribution < 1.29 is 18.0 Å². The number of nitrogens with zero attached hydrogens (tertiary/aromatic N) is 3. The summed E-state index contributed by atoms with van der Waals surface area (Å²) in [5.74, 6) is 0.190. The number of fused-ring (bicyclic) bond motifs is 1. The number of carbonyl (C=O) groups is 1. The Hall–Kier alpha value is -1.28. The van der Waals surface area contributed by atoms with E-state index in [1.807, 2.05) is 6.92 Å². The van der Waals surface area contributed by atoms with Gasteiger partial charge in [0.1, 0.15) is 10.2 Å². The number of aromatic nitrogens is 3. The number of aryl methyl sites for hydroxylation is 1. The minimum atomic E-state index is -4.50. The highest BCUT2D eigenvalue weighted by molar-refractivity contribution is 8.01. The predicted octanol–water partition coefficient (Wildman–Crippen LogP) is 3.49. The zero-order chi connectivity index (χ0) is 15.8. The number of alkyl halides is 4. The first kappa shape index (κ1) is 16.1. The predicted molar refractivity (Wildman–Crippen MR) is 75.6 cm³/mol. The highest BCUT2D eigenvalue weighted by Crippen LogP contribution is 2.30. The highest BCUT2D eigenvalue weighted by atomic mass is 35.5. The van der Waals surface area contributed by atoms with E-state index < -0.39 is 22.2 Å². The van der Waals surface area contributed by atoms with Crippen molar-refractivity contribution in [1.29, 1.82) is 0 Å². The summed E-state index contributed by atoms with van der Waals surface area (Å²) in [4.78, 5) is 19.8. The third kappa shape index (κ3) is 3.16. The van der Waals surface area contributed by atoms with E-state index >= 15 is 0 Å². The summed E-state index contributed by atoms with van der Waals surface area (Å²) in [6, 6.07) is 0.870. The van der Waals surface area contributed by atoms with Crippen LogP contribution in [0.25, 0.3) is 11.2 Å². The quantitative estimate of drug-likeness (QED) is 0.633. The molecule has 2 rings (SSSR count). The van der Waals surface area contributed by atoms with Crippen LogP contribution < -0.4 is 0 Å². The Morgan fingerprint density at radius 2 is 2.19 bits per heavy atom. The summed E-state index contributed by atoms with van der Waals surface area (Å²) in [5, 5.41) is 0. The lowest BCUT2D eigenvalue weighted by Crippen LogP contribution is -2.16. The van der Waals surface area contributed by atoms with Crippen LogP contribution in [0.1, 0.15) is 23.1 Å². The SMILES string of the molecule is CCSC(Cl)C(=O)c1nc2cc(C(F)(F)F)cnc2n1C. The molecule has 2 heterocycles. The molecule has 4 nitrogen and oxygen atoms in total. The number of pyridine rings is 1. The number of Topliss-reactive ketones (excluding diaryl/α,β-unsaturated/α-hetero) is 1. The molecule has 0 aliphatic rings. The lowest BCUT2D eigenvalue weighted by atomic mass is 10.2. The molecule has 0 bridgehead atoms. The van der Waals surface area contributed by atoms with Gasteiger partial charge in [-0.25, -0.2) is 9.97 Å². The van der Waals surface area contributed by atoms with E-state index in [1.54, 1.807) is 0 Å². The van der Waals surface area contributed by atoms with E-state index in [4.69, 9.17) is 11.6 Å². The van der Waals surface area contributed by atoms with E-state index in [0.29, 0.717) is 5.75 Å². The molecular weight excluding hydrogens is 327 g/mol. The van der Waals surface area contributed by atoms with Crippen molar-refractivity contribution in [3.8, 4) is 0 Å². The standard InChI is InChI=1S/C12H11ClF3N3OS/c1-3-21-9(13)8(20)11-18-7-4-6(12(14,15)16)5-17-10(7)19(11)2/h4-5,9H,3H2,1-2H3. The van der Waals surface area contributed by atoms with Crippen molar-refractivity contribution in [3.63, 3.8) is 0 Å². The first-order valence-corrected chi connectivity index (χ1v) is 7.43. The molecule has 0 aliphatic heterocycles. The molecule has 0 N–H and O–H groups in total. The average Bonchev–Trinajstić information content (AvgIpc) is 2.74. The van der Waals surface area contributed by atoms with Crippen LogP contribution in [0.3, 0.4) is 0 Å². The molecule has 2 aromatic rings. The molecule has 2 aromatic heterocycles. The first-order chi connectivity index (χ1) is 9.75. The fourth-order valence-corrected chi connectivity index (χ4v) is 2.80. The van der Waals surface area contributed by atoms with Gasteiger partial charge in [0.25, 0.3) is 0 Å². The van der Waals surface area contributed by atoms with Crippen LogP contribution in [0, 0.1) is 0 Å². The fourth-order valence-electron chi connectivity index (χ4n) is 1.77. The maximum absolute atomic E-state index is 12.6. The minimum absolute atomic E-state index is 0.00206. The molecule has 0 spiro atoms. The smallest absolute Gasteiger partial charge is 0.309 e. The number of halogens is 4. The van der Waals surface area contributed by atoms with Crippen molar-refractivity contribution in [1.82, 2.24) is 14.5 Å². The van der Waals surface area contributed by atoms with Gasteiger partial charge in [-0.1, -0.05) is 6.92 Å². The molecule has 0 fully saturated rings. The summed E-state index contributed by atoms with van der Waals surface area (Å²) in [6.45, 7) is 1.85. The molecule has 0 amide bonds. The number of hydrogen-bond acceptors (Lipinski definition) is 4. The second-order valence-corrected chi connectivity index (χ2v) is 6.27.